The zero-order valence-electron chi connectivity index (χ0n) is 78.2. The third-order valence-electron chi connectivity index (χ3n) is 21.6. The largest absolute Gasteiger partial charge is 0.481 e. The molecule has 0 amide bonds. The summed E-state index contributed by atoms with van der Waals surface area (Å²) in [5, 5.41) is 61.8. The minimum Gasteiger partial charge on any atom is -0.481 e. The van der Waals surface area contributed by atoms with Gasteiger partial charge >= 0.3 is 29.8 Å². The van der Waals surface area contributed by atoms with Gasteiger partial charge in [0.2, 0.25) is 0 Å². The van der Waals surface area contributed by atoms with E-state index in [0.717, 1.165) is 202 Å². The van der Waals surface area contributed by atoms with E-state index in [1.165, 1.54) is 24.4 Å². The molecule has 30 heteroatoms. The van der Waals surface area contributed by atoms with E-state index in [-0.39, 0.29) is 28.7 Å². The van der Waals surface area contributed by atoms with E-state index in [4.69, 9.17) is 65.4 Å². The maximum Gasteiger partial charge on any atom is 0.335 e. The average Bonchev–Trinajstić information content (AvgIpc) is 1.45. The monoisotopic (exact) mass is 1910 g/mol. The molecule has 15 rings (SSSR count). The third kappa shape index (κ3) is 27.4. The number of carboxylic acids is 5. The number of nitrogens with zero attached hydrogens (tertiary/aromatic N) is 10. The zero-order valence-corrected chi connectivity index (χ0v) is 82.2. The van der Waals surface area contributed by atoms with Gasteiger partial charge in [-0.3, -0.25) is 4.79 Å². The molecule has 10 heterocycles. The molecule has 0 saturated heterocycles. The fourth-order valence-corrected chi connectivity index (χ4v) is 18.6. The van der Waals surface area contributed by atoms with Gasteiger partial charge in [0.1, 0.15) is 29.1 Å². The van der Waals surface area contributed by atoms with E-state index >= 15 is 0 Å². The van der Waals surface area contributed by atoms with Crippen LogP contribution in [0.25, 0.3) is 53.5 Å². The minimum absolute atomic E-state index is 0.0108. The number of aliphatic carboxylic acids is 1. The summed E-state index contributed by atoms with van der Waals surface area (Å²) in [4.78, 5) is 114. The minimum atomic E-state index is -0.946. The van der Waals surface area contributed by atoms with E-state index in [1.807, 2.05) is 63.3 Å². The molecule has 0 saturated carbocycles. The second kappa shape index (κ2) is 49.5. The standard InChI is InChI=1S/2C22H23N3O2S.C21H21N3O2S.C21H23N3O2S.C20H21N3O2S/c1-4-6-18-14(3)23-22(19-12-11-17(5-2)28-19)25-21(18)24-16-9-7-15(8-10-16)13-20(26)27;1-4-7-17-18(6-3)24-21(19-13-12-16(5-2)28-19)25-20(17)23-15-10-8-14(9-11-15)22(26)27;1-4-6-17-13(3)22-20(18-12-11-16(5-2)27-18)24-19(17)23-15-9-7-14(8-10-15)21(25)26;1-4-15-11-12-18(27-15)20-23-17(6-3)16(5-2)19(24-20)22-14-9-7-13(8-10-14)21(25)26;1-4-15-10-11-17(26-15)19-21-12(3)16(5-2)18(23-19)22-14-8-6-13(7-9-14)20(24)25/h4,7-12H,1,5-6,13H2,2-3H3,(H,26,27)(H,23,24,25);4,8-13H,1,5-7H2,2-3H3,(H,26,27)(H,23,24,25);4,7-12H,1,5-6H2,2-3H3,(H,25,26)(H,22,23,24);7-12H,4-6H2,1-3H3,(H,25,26)(H,22,23,24);6-11H,4-5H2,1-3H3,(H,24,25)(H,21,22,23). The highest BCUT2D eigenvalue weighted by atomic mass is 32.1. The Labute approximate surface area is 812 Å². The lowest BCUT2D eigenvalue weighted by Gasteiger charge is -2.15. The lowest BCUT2D eigenvalue weighted by atomic mass is 10.1. The molecule has 0 unspecified atom stereocenters. The number of carboxylic acid groups (broad SMARTS) is 5. The van der Waals surface area contributed by atoms with Crippen LogP contribution in [0.15, 0.2) is 220 Å². The summed E-state index contributed by atoms with van der Waals surface area (Å²) in [5.41, 5.74) is 15.7. The molecule has 136 heavy (non-hydrogen) atoms. The summed E-state index contributed by atoms with van der Waals surface area (Å²) in [5.74, 6) is 2.71. The van der Waals surface area contributed by atoms with Crippen molar-refractivity contribution in [3.63, 3.8) is 0 Å². The highest BCUT2D eigenvalue weighted by molar-refractivity contribution is 7.16. The Hall–Kier alpha value is -14.4. The molecular weight excluding hydrogens is 1800 g/mol. The SMILES string of the molecule is C=CCc1c(C)nc(-c2ccc(CC)s2)nc1Nc1ccc(C(=O)O)cc1.C=CCc1c(C)nc(-c2ccc(CC)s2)nc1Nc1ccc(CC(=O)O)cc1.C=CCc1c(CC)nc(-c2ccc(CC)s2)nc1Nc1ccc(C(=O)O)cc1.CCc1ccc(-c2nc(C)c(CC)c(Nc3ccc(C(=O)O)cc3)n2)s1.CCc1ccc(-c2nc(CC)c(CC)c(Nc3ccc(C(=O)O)cc3)n2)s1. The molecule has 0 fully saturated rings. The number of hydrogen-bond acceptors (Lipinski definition) is 25. The van der Waals surface area contributed by atoms with Crippen molar-refractivity contribution >= 4 is 144 Å². The highest BCUT2D eigenvalue weighted by Gasteiger charge is 2.23. The average molecular weight is 1920 g/mol. The molecule has 0 aliphatic heterocycles. The van der Waals surface area contributed by atoms with Crippen LogP contribution in [-0.4, -0.2) is 105 Å². The number of carbonyl (C=O) groups is 5. The Balaban J connectivity index is 0.000000163. The van der Waals surface area contributed by atoms with Crippen molar-refractivity contribution in [2.75, 3.05) is 26.6 Å². The quantitative estimate of drug-likeness (QED) is 0.0163. The van der Waals surface area contributed by atoms with E-state index in [1.54, 1.807) is 154 Å². The zero-order chi connectivity index (χ0) is 97.6. The third-order valence-corrected chi connectivity index (χ3v) is 27.7. The van der Waals surface area contributed by atoms with E-state index in [9.17, 15) is 24.0 Å². The van der Waals surface area contributed by atoms with E-state index < -0.39 is 29.8 Å². The number of benzene rings is 5. The van der Waals surface area contributed by atoms with Crippen LogP contribution in [0.2, 0.25) is 0 Å². The van der Waals surface area contributed by atoms with Gasteiger partial charge in [-0.05, 0) is 273 Å². The summed E-state index contributed by atoms with van der Waals surface area (Å²) in [6.07, 6.45) is 15.7. The van der Waals surface area contributed by atoms with Crippen molar-refractivity contribution < 1.29 is 49.5 Å². The molecule has 0 spiro atoms. The molecule has 0 atom stereocenters. The fraction of sp³-hybridized carbons (Fsp3) is 0.236. The van der Waals surface area contributed by atoms with Gasteiger partial charge < -0.3 is 52.1 Å². The maximum atomic E-state index is 11.1. The van der Waals surface area contributed by atoms with Crippen LogP contribution in [0, 0.1) is 20.8 Å². The van der Waals surface area contributed by atoms with Crippen LogP contribution in [0.1, 0.15) is 190 Å². The molecule has 10 N–H and O–H groups in total. The Morgan fingerprint density at radius 3 is 0.735 bits per heavy atom. The molecule has 5 aromatic carbocycles. The van der Waals surface area contributed by atoms with Crippen molar-refractivity contribution in [1.29, 1.82) is 0 Å². The van der Waals surface area contributed by atoms with Crippen LogP contribution in [0.3, 0.4) is 0 Å². The predicted octanol–water partition coefficient (Wildman–Crippen LogP) is 26.3. The van der Waals surface area contributed by atoms with Gasteiger partial charge in [0.05, 0.1) is 53.1 Å². The van der Waals surface area contributed by atoms with Crippen molar-refractivity contribution in [2.24, 2.45) is 0 Å². The van der Waals surface area contributed by atoms with Gasteiger partial charge in [-0.2, -0.15) is 0 Å². The summed E-state index contributed by atoms with van der Waals surface area (Å²) in [6, 6.07) is 54.9. The number of nitrogens with one attached hydrogen (secondary N) is 5. The number of aromatic carboxylic acids is 4. The molecular formula is C106H111N15O10S5. The first-order valence-electron chi connectivity index (χ1n) is 44.8. The van der Waals surface area contributed by atoms with Gasteiger partial charge in [0, 0.05) is 109 Å². The van der Waals surface area contributed by atoms with Crippen LogP contribution >= 0.6 is 56.7 Å². The van der Waals surface area contributed by atoms with Crippen LogP contribution in [-0.2, 0) is 88.3 Å². The molecule has 10 aromatic heterocycles. The highest BCUT2D eigenvalue weighted by Crippen LogP contribution is 2.38. The molecule has 0 radical (unpaired) electrons. The number of anilines is 10. The molecule has 0 bridgehead atoms. The second-order valence-corrected chi connectivity index (χ2v) is 36.8. The lowest BCUT2D eigenvalue weighted by molar-refractivity contribution is -0.136. The lowest BCUT2D eigenvalue weighted by Crippen LogP contribution is -2.07. The van der Waals surface area contributed by atoms with Gasteiger partial charge in [-0.25, -0.2) is 69.0 Å². The first-order chi connectivity index (χ1) is 65.6. The number of thiophene rings is 5. The number of allylic oxidation sites excluding steroid dienone is 3. The van der Waals surface area contributed by atoms with Crippen LogP contribution < -0.4 is 26.6 Å². The summed E-state index contributed by atoms with van der Waals surface area (Å²) in [6.45, 7) is 36.5. The number of hydrogen-bond donors (Lipinski definition) is 10. The molecule has 15 aromatic rings. The normalized spacial score (nSPS) is 10.7. The number of aryl methyl sites for hydroxylation is 10. The first kappa shape index (κ1) is 102. The van der Waals surface area contributed by atoms with E-state index in [2.05, 4.69) is 179 Å². The number of aromatic nitrogens is 10. The van der Waals surface area contributed by atoms with Gasteiger partial charge in [0.25, 0.3) is 0 Å². The first-order valence-corrected chi connectivity index (χ1v) is 48.9. The topological polar surface area (TPSA) is 376 Å². The van der Waals surface area contributed by atoms with Crippen LogP contribution in [0.4, 0.5) is 57.5 Å². The molecule has 0 aliphatic carbocycles. The summed E-state index contributed by atoms with van der Waals surface area (Å²) in [7, 11) is 0. The smallest absolute Gasteiger partial charge is 0.335 e. The summed E-state index contributed by atoms with van der Waals surface area (Å²) < 4.78 is 0. The van der Waals surface area contributed by atoms with Gasteiger partial charge in [0.15, 0.2) is 29.1 Å². The summed E-state index contributed by atoms with van der Waals surface area (Å²) >= 11 is 8.54. The van der Waals surface area contributed by atoms with Gasteiger partial charge in [-0.15, -0.1) is 76.4 Å². The maximum absolute atomic E-state index is 11.1. The molecule has 0 aliphatic rings. The second-order valence-electron chi connectivity index (χ2n) is 30.9. The fourth-order valence-electron chi connectivity index (χ4n) is 14.2. The van der Waals surface area contributed by atoms with Crippen molar-refractivity contribution in [3.05, 3.63) is 328 Å². The van der Waals surface area contributed by atoms with Crippen molar-refractivity contribution in [3.8, 4) is 53.5 Å². The molecule has 25 nitrogen and oxygen atoms in total. The van der Waals surface area contributed by atoms with E-state index in [0.29, 0.717) is 48.4 Å². The predicted molar refractivity (Wildman–Crippen MR) is 555 cm³/mol. The molecule has 700 valence electrons. The van der Waals surface area contributed by atoms with Crippen LogP contribution in [0.5, 0.6) is 0 Å². The Morgan fingerprint density at radius 1 is 0.272 bits per heavy atom. The van der Waals surface area contributed by atoms with Crippen molar-refractivity contribution in [1.82, 2.24) is 49.8 Å². The van der Waals surface area contributed by atoms with Crippen molar-refractivity contribution in [2.45, 2.75) is 167 Å². The van der Waals surface area contributed by atoms with Gasteiger partial charge in [-0.1, -0.05) is 92.7 Å². The Kier molecular flexibility index (Phi) is 37.2. The Bertz CT molecular complexity index is 6700. The Morgan fingerprint density at radius 2 is 0.500 bits per heavy atom. The number of rotatable bonds is 36.